The van der Waals surface area contributed by atoms with Gasteiger partial charge in [-0.1, -0.05) is 0 Å². The molecule has 1 unspecified atom stereocenters. The van der Waals surface area contributed by atoms with Gasteiger partial charge in [0, 0.05) is 42.5 Å². The van der Waals surface area contributed by atoms with Crippen molar-refractivity contribution in [1.82, 2.24) is 15.3 Å². The molecule has 0 spiro atoms. The third-order valence-electron chi connectivity index (χ3n) is 5.64. The van der Waals surface area contributed by atoms with Gasteiger partial charge < -0.3 is 21.1 Å². The molecule has 4 rings (SSSR count). The maximum atomic E-state index is 14.6. The van der Waals surface area contributed by atoms with Crippen LogP contribution in [-0.4, -0.2) is 40.8 Å². The monoisotopic (exact) mass is 423 g/mol. The number of hydrogen-bond acceptors (Lipinski definition) is 5. The predicted molar refractivity (Wildman–Crippen MR) is 120 cm³/mol. The van der Waals surface area contributed by atoms with E-state index in [1.54, 1.807) is 19.3 Å². The van der Waals surface area contributed by atoms with E-state index < -0.39 is 18.0 Å². The average molecular weight is 423 g/mol. The highest BCUT2D eigenvalue weighted by Crippen LogP contribution is 2.33. The van der Waals surface area contributed by atoms with E-state index in [0.717, 1.165) is 51.9 Å². The second kappa shape index (κ2) is 8.47. The first kappa shape index (κ1) is 21.0. The Bertz CT molecular complexity index is 1150. The lowest BCUT2D eigenvalue weighted by molar-refractivity contribution is 0.150. The second-order valence-electron chi connectivity index (χ2n) is 8.02. The lowest BCUT2D eigenvalue weighted by Crippen LogP contribution is -2.36. The highest BCUT2D eigenvalue weighted by atomic mass is 19.1. The summed E-state index contributed by atoms with van der Waals surface area (Å²) >= 11 is 0. The number of anilines is 2. The maximum absolute atomic E-state index is 14.6. The van der Waals surface area contributed by atoms with Crippen LogP contribution in [0.1, 0.15) is 24.1 Å². The highest BCUT2D eigenvalue weighted by Gasteiger charge is 2.29. The molecule has 2 heterocycles. The average Bonchev–Trinajstić information content (AvgIpc) is 3.59. The number of aromatic nitrogens is 2. The van der Waals surface area contributed by atoms with Crippen LogP contribution in [0.3, 0.4) is 0 Å². The summed E-state index contributed by atoms with van der Waals surface area (Å²) < 4.78 is 14.6. The fraction of sp³-hybridized carbons (Fsp3) is 0.348. The molecule has 0 aliphatic heterocycles. The Hall–Kier alpha value is -3.26. The molecule has 1 saturated carbocycles. The van der Waals surface area contributed by atoms with Crippen LogP contribution in [0, 0.1) is 25.6 Å². The molecule has 3 aromatic rings. The first-order valence-corrected chi connectivity index (χ1v) is 10.3. The summed E-state index contributed by atoms with van der Waals surface area (Å²) in [5.41, 5.74) is 4.03. The van der Waals surface area contributed by atoms with Crippen molar-refractivity contribution in [3.8, 4) is 11.1 Å². The number of halogens is 1. The second-order valence-corrected chi connectivity index (χ2v) is 8.02. The van der Waals surface area contributed by atoms with Crippen molar-refractivity contribution in [2.45, 2.75) is 32.8 Å². The molecule has 0 saturated heterocycles. The van der Waals surface area contributed by atoms with Crippen LogP contribution in [0.15, 0.2) is 30.5 Å². The molecule has 1 fully saturated rings. The number of rotatable bonds is 6. The Balaban J connectivity index is 1.61. The number of aliphatic hydroxyl groups excluding tert-OH is 1. The van der Waals surface area contributed by atoms with E-state index in [2.05, 4.69) is 25.9 Å². The first-order chi connectivity index (χ1) is 14.9. The summed E-state index contributed by atoms with van der Waals surface area (Å²) in [7, 11) is 1.80. The van der Waals surface area contributed by atoms with Crippen molar-refractivity contribution in [1.29, 1.82) is 0 Å². The van der Waals surface area contributed by atoms with E-state index >= 15 is 0 Å². The molecule has 1 atom stereocenters. The number of aliphatic hydroxyl groups is 1. The summed E-state index contributed by atoms with van der Waals surface area (Å²) in [6, 6.07) is 6.31. The minimum atomic E-state index is -0.562. The number of benzene rings is 1. The normalized spacial score (nSPS) is 14.4. The number of carbonyl (C=O) groups is 1. The Morgan fingerprint density at radius 3 is 2.71 bits per heavy atom. The lowest BCUT2D eigenvalue weighted by Gasteiger charge is -2.15. The zero-order valence-corrected chi connectivity index (χ0v) is 17.8. The van der Waals surface area contributed by atoms with Gasteiger partial charge in [-0.3, -0.25) is 4.98 Å². The van der Waals surface area contributed by atoms with E-state index in [1.807, 2.05) is 26.0 Å². The van der Waals surface area contributed by atoms with Crippen LogP contribution in [0.25, 0.3) is 22.0 Å². The molecule has 1 aliphatic rings. The van der Waals surface area contributed by atoms with Crippen LogP contribution in [0.4, 0.5) is 20.7 Å². The largest absolute Gasteiger partial charge is 0.391 e. The van der Waals surface area contributed by atoms with Gasteiger partial charge in [0.05, 0.1) is 17.3 Å². The third-order valence-corrected chi connectivity index (χ3v) is 5.64. The van der Waals surface area contributed by atoms with E-state index in [-0.39, 0.29) is 18.2 Å². The van der Waals surface area contributed by atoms with Gasteiger partial charge in [0.1, 0.15) is 11.6 Å². The lowest BCUT2D eigenvalue weighted by atomic mass is 9.97. The van der Waals surface area contributed by atoms with Crippen molar-refractivity contribution in [2.24, 2.45) is 5.92 Å². The van der Waals surface area contributed by atoms with E-state index in [1.165, 1.54) is 6.07 Å². The van der Waals surface area contributed by atoms with Gasteiger partial charge in [0.2, 0.25) is 0 Å². The van der Waals surface area contributed by atoms with Crippen LogP contribution < -0.4 is 16.0 Å². The van der Waals surface area contributed by atoms with E-state index in [0.29, 0.717) is 0 Å². The number of nitrogens with zero attached hydrogens (tertiary/aromatic N) is 2. The third kappa shape index (κ3) is 4.59. The van der Waals surface area contributed by atoms with Crippen LogP contribution in [0.5, 0.6) is 0 Å². The quantitative estimate of drug-likeness (QED) is 0.481. The summed E-state index contributed by atoms with van der Waals surface area (Å²) in [5, 5.41) is 18.9. The van der Waals surface area contributed by atoms with Crippen molar-refractivity contribution >= 4 is 28.4 Å². The molecule has 0 bridgehead atoms. The van der Waals surface area contributed by atoms with Gasteiger partial charge >= 0.3 is 6.03 Å². The van der Waals surface area contributed by atoms with Crippen LogP contribution in [-0.2, 0) is 0 Å². The van der Waals surface area contributed by atoms with Crippen molar-refractivity contribution in [2.75, 3.05) is 24.2 Å². The fourth-order valence-corrected chi connectivity index (χ4v) is 3.64. The van der Waals surface area contributed by atoms with Gasteiger partial charge in [-0.25, -0.2) is 14.2 Å². The van der Waals surface area contributed by atoms with Crippen molar-refractivity contribution < 1.29 is 14.3 Å². The van der Waals surface area contributed by atoms with E-state index in [4.69, 9.17) is 0 Å². The zero-order valence-electron chi connectivity index (χ0n) is 17.8. The van der Waals surface area contributed by atoms with Crippen molar-refractivity contribution in [3.63, 3.8) is 0 Å². The summed E-state index contributed by atoms with van der Waals surface area (Å²) in [5.74, 6) is 0.463. The van der Waals surface area contributed by atoms with Gasteiger partial charge in [0.25, 0.3) is 0 Å². The minimum Gasteiger partial charge on any atom is -0.391 e. The molecular weight excluding hydrogens is 397 g/mol. The Morgan fingerprint density at radius 1 is 1.23 bits per heavy atom. The molecule has 7 nitrogen and oxygen atoms in total. The number of urea groups is 1. The maximum Gasteiger partial charge on any atom is 0.319 e. The van der Waals surface area contributed by atoms with Gasteiger partial charge in [-0.15, -0.1) is 0 Å². The molecule has 2 aromatic heterocycles. The number of fused-ring (bicyclic) bond motifs is 1. The number of amides is 2. The Morgan fingerprint density at radius 2 is 2.00 bits per heavy atom. The molecule has 4 N–H and O–H groups in total. The standard InChI is InChI=1S/C23H26FN5O2/c1-12-6-18(24)20(29-23(31)27-11-21(30)14-4-5-14)8-16(12)17-7-15-10-26-22(25-3)9-19(15)28-13(17)2/h6-10,14,21,30H,4-5,11H2,1-3H3,(H,25,26)(H2,27,29,31). The number of pyridine rings is 2. The molecule has 31 heavy (non-hydrogen) atoms. The van der Waals surface area contributed by atoms with Crippen LogP contribution >= 0.6 is 0 Å². The summed E-state index contributed by atoms with van der Waals surface area (Å²) in [4.78, 5) is 21.2. The van der Waals surface area contributed by atoms with Crippen LogP contribution in [0.2, 0.25) is 0 Å². The molecule has 1 aliphatic carbocycles. The van der Waals surface area contributed by atoms with Gasteiger partial charge in [0.15, 0.2) is 0 Å². The number of carbonyl (C=O) groups excluding carboxylic acids is 1. The smallest absolute Gasteiger partial charge is 0.319 e. The molecule has 162 valence electrons. The topological polar surface area (TPSA) is 99.2 Å². The van der Waals surface area contributed by atoms with Gasteiger partial charge in [-0.05, 0) is 61.9 Å². The first-order valence-electron chi connectivity index (χ1n) is 10.3. The molecule has 0 radical (unpaired) electrons. The minimum absolute atomic E-state index is 0.0714. The number of aryl methyl sites for hydroxylation is 2. The van der Waals surface area contributed by atoms with E-state index in [9.17, 15) is 14.3 Å². The molecule has 2 amide bonds. The zero-order chi connectivity index (χ0) is 22.1. The number of hydrogen-bond donors (Lipinski definition) is 4. The fourth-order valence-electron chi connectivity index (χ4n) is 3.64. The Kier molecular flexibility index (Phi) is 5.73. The van der Waals surface area contributed by atoms with Crippen molar-refractivity contribution in [3.05, 3.63) is 47.5 Å². The summed E-state index contributed by atoms with van der Waals surface area (Å²) in [6.45, 7) is 3.86. The number of nitrogens with one attached hydrogen (secondary N) is 3. The molecular formula is C23H26FN5O2. The molecule has 1 aromatic carbocycles. The SMILES string of the molecule is CNc1cc2nc(C)c(-c3cc(NC(=O)NCC(O)C4CC4)c(F)cc3C)cc2cn1. The highest BCUT2D eigenvalue weighted by molar-refractivity contribution is 5.92. The summed E-state index contributed by atoms with van der Waals surface area (Å²) in [6.07, 6.45) is 3.14. The Labute approximate surface area is 180 Å². The molecule has 8 heteroatoms. The van der Waals surface area contributed by atoms with Gasteiger partial charge in [-0.2, -0.15) is 0 Å². The predicted octanol–water partition coefficient (Wildman–Crippen LogP) is 3.99.